The molecule has 90 valence electrons. The number of rotatable bonds is 1. The molecule has 3 rings (SSSR count). The fraction of sp³-hybridized carbons (Fsp3) is 0.188. The summed E-state index contributed by atoms with van der Waals surface area (Å²) in [6.45, 7) is 0. The van der Waals surface area contributed by atoms with Crippen LogP contribution in [0.3, 0.4) is 0 Å². The molecule has 0 bridgehead atoms. The van der Waals surface area contributed by atoms with Crippen molar-refractivity contribution in [3.8, 4) is 0 Å². The highest BCUT2D eigenvalue weighted by Crippen LogP contribution is 2.30. The molecule has 1 heterocycles. The van der Waals surface area contributed by atoms with Crippen LogP contribution in [0.15, 0.2) is 54.6 Å². The number of fused-ring (bicyclic) bond motifs is 1. The minimum Gasteiger partial charge on any atom is -0.349 e. The Labute approximate surface area is 113 Å². The third-order valence-corrected chi connectivity index (χ3v) is 3.88. The van der Waals surface area contributed by atoms with Gasteiger partial charge in [-0.1, -0.05) is 60.7 Å². The Morgan fingerprint density at radius 1 is 0.944 bits per heavy atom. The maximum absolute atomic E-state index is 5.56. The second-order valence-corrected chi connectivity index (χ2v) is 5.09. The minimum absolute atomic E-state index is 0.327. The third-order valence-electron chi connectivity index (χ3n) is 3.50. The van der Waals surface area contributed by atoms with Crippen LogP contribution < -0.4 is 5.32 Å². The first-order valence-corrected chi connectivity index (χ1v) is 6.69. The number of para-hydroxylation sites is 1. The predicted octanol–water partition coefficient (Wildman–Crippen LogP) is 4.16. The van der Waals surface area contributed by atoms with Crippen molar-refractivity contribution in [1.29, 1.82) is 0 Å². The number of hydrogen-bond donors (Lipinski definition) is 1. The first kappa shape index (κ1) is 11.4. The van der Waals surface area contributed by atoms with E-state index in [1.165, 1.54) is 16.8 Å². The maximum atomic E-state index is 5.56. The van der Waals surface area contributed by atoms with Gasteiger partial charge in [0.25, 0.3) is 0 Å². The van der Waals surface area contributed by atoms with Crippen molar-refractivity contribution in [2.24, 2.45) is 0 Å². The summed E-state index contributed by atoms with van der Waals surface area (Å²) in [5.74, 6) is 0.327. The van der Waals surface area contributed by atoms with Crippen molar-refractivity contribution in [3.63, 3.8) is 0 Å². The van der Waals surface area contributed by atoms with Crippen molar-refractivity contribution >= 4 is 22.9 Å². The Balaban J connectivity index is 1.92. The van der Waals surface area contributed by atoms with Crippen molar-refractivity contribution < 1.29 is 0 Å². The summed E-state index contributed by atoms with van der Waals surface area (Å²) in [6.07, 6.45) is 2.15. The molecule has 0 amide bonds. The number of hydrogen-bond acceptors (Lipinski definition) is 1. The molecule has 2 aromatic carbocycles. The standard InChI is InChI=1S/C16H15NS/c18-16-14(12-6-2-1-3-7-12)11-10-13-8-4-5-9-15(13)17-16/h1-9,14H,10-11H2,(H,17,18)/t14-/m1/s1. The van der Waals surface area contributed by atoms with Gasteiger partial charge in [-0.15, -0.1) is 0 Å². The van der Waals surface area contributed by atoms with Crippen LogP contribution in [-0.4, -0.2) is 4.99 Å². The van der Waals surface area contributed by atoms with Crippen molar-refractivity contribution in [2.45, 2.75) is 18.8 Å². The molecule has 2 aromatic rings. The topological polar surface area (TPSA) is 12.0 Å². The van der Waals surface area contributed by atoms with Crippen molar-refractivity contribution in [1.82, 2.24) is 0 Å². The van der Waals surface area contributed by atoms with Gasteiger partial charge in [-0.2, -0.15) is 0 Å². The highest BCUT2D eigenvalue weighted by Gasteiger charge is 2.21. The third kappa shape index (κ3) is 2.16. The molecule has 2 heteroatoms. The molecule has 0 saturated heterocycles. The van der Waals surface area contributed by atoms with Gasteiger partial charge in [-0.25, -0.2) is 0 Å². The van der Waals surface area contributed by atoms with E-state index in [0.717, 1.165) is 17.8 Å². The quantitative estimate of drug-likeness (QED) is 0.766. The molecule has 0 fully saturated rings. The van der Waals surface area contributed by atoms with Crippen LogP contribution in [0.25, 0.3) is 0 Å². The number of nitrogens with one attached hydrogen (secondary N) is 1. The van der Waals surface area contributed by atoms with E-state index < -0.39 is 0 Å². The lowest BCUT2D eigenvalue weighted by molar-refractivity contribution is 0.782. The van der Waals surface area contributed by atoms with E-state index in [2.05, 4.69) is 53.8 Å². The Kier molecular flexibility index (Phi) is 3.11. The zero-order valence-electron chi connectivity index (χ0n) is 10.1. The van der Waals surface area contributed by atoms with E-state index >= 15 is 0 Å². The summed E-state index contributed by atoms with van der Waals surface area (Å²) >= 11 is 5.56. The summed E-state index contributed by atoms with van der Waals surface area (Å²) < 4.78 is 0. The van der Waals surface area contributed by atoms with Gasteiger partial charge >= 0.3 is 0 Å². The molecule has 0 unspecified atom stereocenters. The largest absolute Gasteiger partial charge is 0.349 e. The molecule has 0 radical (unpaired) electrons. The van der Waals surface area contributed by atoms with Gasteiger partial charge in [0.05, 0.1) is 4.99 Å². The van der Waals surface area contributed by atoms with E-state index in [1.807, 2.05) is 6.07 Å². The molecule has 1 N–H and O–H groups in total. The minimum atomic E-state index is 0.327. The summed E-state index contributed by atoms with van der Waals surface area (Å²) in [5, 5.41) is 3.40. The fourth-order valence-corrected chi connectivity index (χ4v) is 2.88. The van der Waals surface area contributed by atoms with Crippen molar-refractivity contribution in [3.05, 3.63) is 65.7 Å². The average Bonchev–Trinajstić information content (AvgIpc) is 2.58. The second-order valence-electron chi connectivity index (χ2n) is 4.65. The number of aryl methyl sites for hydroxylation is 1. The zero-order valence-corrected chi connectivity index (χ0v) is 10.9. The monoisotopic (exact) mass is 253 g/mol. The van der Waals surface area contributed by atoms with Crippen LogP contribution in [0, 0.1) is 0 Å². The van der Waals surface area contributed by atoms with Crippen LogP contribution in [0.5, 0.6) is 0 Å². The lowest BCUT2D eigenvalue weighted by atomic mass is 9.93. The van der Waals surface area contributed by atoms with Crippen LogP contribution in [0.4, 0.5) is 5.69 Å². The van der Waals surface area contributed by atoms with Crippen molar-refractivity contribution in [2.75, 3.05) is 5.32 Å². The van der Waals surface area contributed by atoms with E-state index in [0.29, 0.717) is 5.92 Å². The molecule has 1 atom stereocenters. The summed E-state index contributed by atoms with van der Waals surface area (Å²) in [6, 6.07) is 19.0. The smallest absolute Gasteiger partial charge is 0.0873 e. The zero-order chi connectivity index (χ0) is 12.4. The molecule has 18 heavy (non-hydrogen) atoms. The number of benzene rings is 2. The highest BCUT2D eigenvalue weighted by atomic mass is 32.1. The Morgan fingerprint density at radius 2 is 1.67 bits per heavy atom. The molecular weight excluding hydrogens is 238 g/mol. The fourth-order valence-electron chi connectivity index (χ4n) is 2.51. The SMILES string of the molecule is S=C1Nc2ccccc2CC[C@@H]1c1ccccc1. The average molecular weight is 253 g/mol. The molecule has 0 saturated carbocycles. The first-order valence-electron chi connectivity index (χ1n) is 6.28. The highest BCUT2D eigenvalue weighted by molar-refractivity contribution is 7.80. The molecule has 1 aliphatic rings. The summed E-state index contributed by atoms with van der Waals surface area (Å²) in [5.41, 5.74) is 3.84. The Bertz CT molecular complexity index is 562. The summed E-state index contributed by atoms with van der Waals surface area (Å²) in [7, 11) is 0. The lowest BCUT2D eigenvalue weighted by Gasteiger charge is -2.16. The number of anilines is 1. The predicted molar refractivity (Wildman–Crippen MR) is 80.2 cm³/mol. The van der Waals surface area contributed by atoms with E-state index in [9.17, 15) is 0 Å². The second kappa shape index (κ2) is 4.91. The lowest BCUT2D eigenvalue weighted by Crippen LogP contribution is -2.17. The van der Waals surface area contributed by atoms with E-state index in [-0.39, 0.29) is 0 Å². The van der Waals surface area contributed by atoms with Gasteiger partial charge in [0, 0.05) is 11.6 Å². The van der Waals surface area contributed by atoms with Crippen LogP contribution in [0.1, 0.15) is 23.5 Å². The van der Waals surface area contributed by atoms with Crippen LogP contribution in [-0.2, 0) is 6.42 Å². The molecule has 0 aliphatic carbocycles. The maximum Gasteiger partial charge on any atom is 0.0873 e. The van der Waals surface area contributed by atoms with Gasteiger partial charge in [-0.3, -0.25) is 0 Å². The van der Waals surface area contributed by atoms with Gasteiger partial charge in [0.15, 0.2) is 0 Å². The normalized spacial score (nSPS) is 18.7. The Hall–Kier alpha value is -1.67. The summed E-state index contributed by atoms with van der Waals surface area (Å²) in [4.78, 5) is 0.936. The molecule has 1 aliphatic heterocycles. The van der Waals surface area contributed by atoms with E-state index in [1.54, 1.807) is 0 Å². The van der Waals surface area contributed by atoms with Gasteiger partial charge < -0.3 is 5.32 Å². The Morgan fingerprint density at radius 3 is 2.50 bits per heavy atom. The molecule has 0 spiro atoms. The van der Waals surface area contributed by atoms with Crippen LogP contribution >= 0.6 is 12.2 Å². The van der Waals surface area contributed by atoms with E-state index in [4.69, 9.17) is 12.2 Å². The molecule has 1 nitrogen and oxygen atoms in total. The van der Waals surface area contributed by atoms with Gasteiger partial charge in [0.2, 0.25) is 0 Å². The van der Waals surface area contributed by atoms with Gasteiger partial charge in [0.1, 0.15) is 0 Å². The number of thiocarbonyl (C=S) groups is 1. The molecule has 0 aromatic heterocycles. The van der Waals surface area contributed by atoms with Crippen LogP contribution in [0.2, 0.25) is 0 Å². The first-order chi connectivity index (χ1) is 8.84. The molecular formula is C16H15NS. The van der Waals surface area contributed by atoms with Gasteiger partial charge in [-0.05, 0) is 30.0 Å².